The van der Waals surface area contributed by atoms with Gasteiger partial charge in [0, 0.05) is 29.8 Å². The number of nitrogens with zero attached hydrogens (tertiary/aromatic N) is 2. The number of fused-ring (bicyclic) bond motifs is 1. The molecular weight excluding hydrogens is 446 g/mol. The van der Waals surface area contributed by atoms with E-state index in [1.807, 2.05) is 31.4 Å². The number of hydrogen-bond donors (Lipinski definition) is 0. The fourth-order valence-electron chi connectivity index (χ4n) is 3.63. The molecule has 2 aromatic heterocycles. The summed E-state index contributed by atoms with van der Waals surface area (Å²) < 4.78 is 49.4. The van der Waals surface area contributed by atoms with E-state index in [1.54, 1.807) is 37.7 Å². The fourth-order valence-corrected chi connectivity index (χ4v) is 3.63. The number of esters is 1. The second-order valence-electron chi connectivity index (χ2n) is 8.70. The predicted octanol–water partition coefficient (Wildman–Crippen LogP) is 6.07. The van der Waals surface area contributed by atoms with Gasteiger partial charge in [-0.15, -0.1) is 0 Å². The van der Waals surface area contributed by atoms with Crippen molar-refractivity contribution in [3.63, 3.8) is 0 Å². The number of carbonyl (C=O) groups excluding carboxylic acids is 1. The van der Waals surface area contributed by atoms with Crippen LogP contribution in [0.4, 0.5) is 8.78 Å². The number of aromatic nitrogens is 2. The molecule has 0 bridgehead atoms. The Morgan fingerprint density at radius 2 is 1.82 bits per heavy atom. The second-order valence-corrected chi connectivity index (χ2v) is 8.70. The summed E-state index contributed by atoms with van der Waals surface area (Å²) in [7, 11) is 3.17. The van der Waals surface area contributed by atoms with E-state index in [1.165, 1.54) is 19.4 Å². The molecule has 0 N–H and O–H groups in total. The number of hydrogen-bond acceptors (Lipinski definition) is 6. The molecule has 0 spiro atoms. The molecule has 0 atom stereocenters. The SMILES string of the molecule is COc1cc(-c2coc3cc(-c4cnn(C)c4)ccc23)cc(OC(F)F)c1C(=O)OC(C)(C)C. The van der Waals surface area contributed by atoms with Crippen LogP contribution in [-0.4, -0.2) is 35.1 Å². The molecule has 4 aromatic rings. The van der Waals surface area contributed by atoms with E-state index in [0.717, 1.165) is 16.5 Å². The van der Waals surface area contributed by atoms with Gasteiger partial charge in [-0.3, -0.25) is 4.68 Å². The average Bonchev–Trinajstić information content (AvgIpc) is 3.37. The monoisotopic (exact) mass is 470 g/mol. The van der Waals surface area contributed by atoms with E-state index in [2.05, 4.69) is 5.10 Å². The number of carbonyl (C=O) groups is 1. The molecule has 0 saturated heterocycles. The standard InChI is InChI=1S/C25H24F2N2O5/c1-25(2,3)34-23(30)22-20(31-5)9-15(10-21(22)33-24(26)27)18-13-32-19-8-14(6-7-17(18)19)16-11-28-29(4)12-16/h6-13,24H,1-5H3. The molecule has 0 radical (unpaired) electrons. The minimum absolute atomic E-state index is 0.0451. The number of benzene rings is 2. The molecule has 9 heteroatoms. The number of alkyl halides is 2. The van der Waals surface area contributed by atoms with Crippen LogP contribution in [0.15, 0.2) is 53.4 Å². The molecule has 4 rings (SSSR count). The minimum Gasteiger partial charge on any atom is -0.496 e. The lowest BCUT2D eigenvalue weighted by molar-refractivity contribution is -0.0509. The molecular formula is C25H24F2N2O5. The van der Waals surface area contributed by atoms with Crippen LogP contribution in [-0.2, 0) is 11.8 Å². The molecule has 0 fully saturated rings. The van der Waals surface area contributed by atoms with Crippen molar-refractivity contribution in [3.8, 4) is 33.8 Å². The third-order valence-electron chi connectivity index (χ3n) is 5.03. The summed E-state index contributed by atoms with van der Waals surface area (Å²) in [6, 6.07) is 8.59. The van der Waals surface area contributed by atoms with Crippen molar-refractivity contribution in [2.45, 2.75) is 33.0 Å². The Hall–Kier alpha value is -3.88. The number of ether oxygens (including phenoxy) is 3. The van der Waals surface area contributed by atoms with Crippen LogP contribution in [0, 0.1) is 0 Å². The van der Waals surface area contributed by atoms with E-state index < -0.39 is 18.2 Å². The average molecular weight is 470 g/mol. The van der Waals surface area contributed by atoms with E-state index >= 15 is 0 Å². The van der Waals surface area contributed by atoms with Gasteiger partial charge in [-0.05, 0) is 56.2 Å². The molecule has 0 unspecified atom stereocenters. The van der Waals surface area contributed by atoms with E-state index in [-0.39, 0.29) is 17.1 Å². The molecule has 0 aliphatic heterocycles. The van der Waals surface area contributed by atoms with E-state index in [0.29, 0.717) is 16.7 Å². The normalized spacial score (nSPS) is 11.8. The third kappa shape index (κ3) is 4.73. The highest BCUT2D eigenvalue weighted by Gasteiger charge is 2.28. The molecule has 178 valence electrons. The summed E-state index contributed by atoms with van der Waals surface area (Å²) >= 11 is 0. The maximum absolute atomic E-state index is 13.2. The zero-order valence-electron chi connectivity index (χ0n) is 19.4. The first-order chi connectivity index (χ1) is 16.1. The highest BCUT2D eigenvalue weighted by Crippen LogP contribution is 2.40. The van der Waals surface area contributed by atoms with Crippen molar-refractivity contribution in [2.24, 2.45) is 7.05 Å². The van der Waals surface area contributed by atoms with Gasteiger partial charge in [0.2, 0.25) is 0 Å². The first-order valence-corrected chi connectivity index (χ1v) is 10.5. The van der Waals surface area contributed by atoms with Gasteiger partial charge in [-0.2, -0.15) is 13.9 Å². The topological polar surface area (TPSA) is 75.7 Å². The summed E-state index contributed by atoms with van der Waals surface area (Å²) in [5.41, 5.74) is 2.50. The van der Waals surface area contributed by atoms with Gasteiger partial charge in [0.25, 0.3) is 0 Å². The maximum Gasteiger partial charge on any atom is 0.387 e. The molecule has 2 heterocycles. The smallest absolute Gasteiger partial charge is 0.387 e. The molecule has 0 saturated carbocycles. The molecule has 0 aliphatic rings. The first kappa shape index (κ1) is 23.3. The summed E-state index contributed by atoms with van der Waals surface area (Å²) in [5.74, 6) is -1.13. The molecule has 0 amide bonds. The van der Waals surface area contributed by atoms with Crippen molar-refractivity contribution in [1.82, 2.24) is 9.78 Å². The third-order valence-corrected chi connectivity index (χ3v) is 5.03. The van der Waals surface area contributed by atoms with Crippen molar-refractivity contribution in [3.05, 3.63) is 54.6 Å². The summed E-state index contributed by atoms with van der Waals surface area (Å²) in [6.07, 6.45) is 5.16. The second kappa shape index (κ2) is 8.81. The molecule has 0 aliphatic carbocycles. The Labute approximate surface area is 194 Å². The number of methoxy groups -OCH3 is 1. The van der Waals surface area contributed by atoms with Gasteiger partial charge >= 0.3 is 12.6 Å². The van der Waals surface area contributed by atoms with E-state index in [4.69, 9.17) is 18.6 Å². The van der Waals surface area contributed by atoms with Crippen LogP contribution in [0.2, 0.25) is 0 Å². The number of furan rings is 1. The van der Waals surface area contributed by atoms with Crippen LogP contribution in [0.5, 0.6) is 11.5 Å². The highest BCUT2D eigenvalue weighted by molar-refractivity contribution is 6.00. The van der Waals surface area contributed by atoms with Crippen molar-refractivity contribution >= 4 is 16.9 Å². The van der Waals surface area contributed by atoms with Crippen LogP contribution in [0.1, 0.15) is 31.1 Å². The van der Waals surface area contributed by atoms with Crippen molar-refractivity contribution in [1.29, 1.82) is 0 Å². The quantitative estimate of drug-likeness (QED) is 0.319. The van der Waals surface area contributed by atoms with Gasteiger partial charge in [-0.25, -0.2) is 4.79 Å². The Bertz CT molecular complexity index is 1350. The Morgan fingerprint density at radius 1 is 1.09 bits per heavy atom. The van der Waals surface area contributed by atoms with Crippen molar-refractivity contribution in [2.75, 3.05) is 7.11 Å². The Balaban J connectivity index is 1.81. The molecule has 7 nitrogen and oxygen atoms in total. The van der Waals surface area contributed by atoms with Crippen LogP contribution < -0.4 is 9.47 Å². The van der Waals surface area contributed by atoms with Crippen LogP contribution in [0.25, 0.3) is 33.2 Å². The van der Waals surface area contributed by atoms with Gasteiger partial charge in [-0.1, -0.05) is 6.07 Å². The lowest BCUT2D eigenvalue weighted by Crippen LogP contribution is -2.25. The van der Waals surface area contributed by atoms with Gasteiger partial charge in [0.05, 0.1) is 19.6 Å². The Kier molecular flexibility index (Phi) is 6.03. The summed E-state index contributed by atoms with van der Waals surface area (Å²) in [6.45, 7) is 1.88. The molecule has 34 heavy (non-hydrogen) atoms. The maximum atomic E-state index is 13.2. The number of aryl methyl sites for hydroxylation is 1. The lowest BCUT2D eigenvalue weighted by Gasteiger charge is -2.22. The lowest BCUT2D eigenvalue weighted by atomic mass is 9.99. The zero-order chi connectivity index (χ0) is 24.6. The van der Waals surface area contributed by atoms with Gasteiger partial charge in [0.1, 0.15) is 28.2 Å². The number of rotatable bonds is 6. The minimum atomic E-state index is -3.15. The van der Waals surface area contributed by atoms with Crippen LogP contribution >= 0.6 is 0 Å². The summed E-state index contributed by atoms with van der Waals surface area (Å²) in [4.78, 5) is 12.8. The Morgan fingerprint density at radius 3 is 2.44 bits per heavy atom. The highest BCUT2D eigenvalue weighted by atomic mass is 19.3. The zero-order valence-corrected chi connectivity index (χ0v) is 19.4. The van der Waals surface area contributed by atoms with Crippen LogP contribution in [0.3, 0.4) is 0 Å². The largest absolute Gasteiger partial charge is 0.496 e. The van der Waals surface area contributed by atoms with Gasteiger partial charge < -0.3 is 18.6 Å². The van der Waals surface area contributed by atoms with E-state index in [9.17, 15) is 13.6 Å². The van der Waals surface area contributed by atoms with Crippen molar-refractivity contribution < 1.29 is 32.2 Å². The first-order valence-electron chi connectivity index (χ1n) is 10.5. The fraction of sp³-hybridized carbons (Fsp3) is 0.280. The van der Waals surface area contributed by atoms with Gasteiger partial charge in [0.15, 0.2) is 0 Å². The molecule has 2 aromatic carbocycles. The number of halogens is 2. The summed E-state index contributed by atoms with van der Waals surface area (Å²) in [5, 5.41) is 4.93. The predicted molar refractivity (Wildman–Crippen MR) is 122 cm³/mol.